The third-order valence-electron chi connectivity index (χ3n) is 3.84. The highest BCUT2D eigenvalue weighted by Gasteiger charge is 2.16. The molecule has 2 amide bonds. The lowest BCUT2D eigenvalue weighted by Gasteiger charge is -2.06. The zero-order valence-electron chi connectivity index (χ0n) is 14.4. The van der Waals surface area contributed by atoms with Gasteiger partial charge < -0.3 is 10.6 Å². The van der Waals surface area contributed by atoms with Crippen molar-refractivity contribution in [3.8, 4) is 0 Å². The number of aromatic nitrogens is 2. The largest absolute Gasteiger partial charge is 0.347 e. The predicted octanol–water partition coefficient (Wildman–Crippen LogP) is 3.91. The van der Waals surface area contributed by atoms with Crippen LogP contribution >= 0.6 is 23.2 Å². The minimum absolute atomic E-state index is 0.195. The minimum Gasteiger partial charge on any atom is -0.347 e. The number of amides is 2. The molecule has 3 rings (SSSR count). The Kier molecular flexibility index (Phi) is 5.78. The SMILES string of the molecule is Cn1nc(C(=O)NCc2ccc(Cl)cc2)cc1NC(=O)c1ccccc1Cl. The van der Waals surface area contributed by atoms with Crippen LogP contribution in [0, 0.1) is 0 Å². The van der Waals surface area contributed by atoms with Gasteiger partial charge in [0, 0.05) is 24.7 Å². The Hall–Kier alpha value is -2.83. The van der Waals surface area contributed by atoms with Crippen molar-refractivity contribution in [1.29, 1.82) is 0 Å². The van der Waals surface area contributed by atoms with Crippen molar-refractivity contribution in [3.05, 3.63) is 81.5 Å². The van der Waals surface area contributed by atoms with E-state index in [2.05, 4.69) is 15.7 Å². The summed E-state index contributed by atoms with van der Waals surface area (Å²) in [6.07, 6.45) is 0. The van der Waals surface area contributed by atoms with Gasteiger partial charge in [-0.15, -0.1) is 0 Å². The van der Waals surface area contributed by atoms with E-state index in [9.17, 15) is 9.59 Å². The number of hydrogen-bond acceptors (Lipinski definition) is 3. The average Bonchev–Trinajstić information content (AvgIpc) is 3.02. The molecule has 2 aromatic carbocycles. The molecule has 0 saturated heterocycles. The van der Waals surface area contributed by atoms with Crippen LogP contribution < -0.4 is 10.6 Å². The van der Waals surface area contributed by atoms with E-state index in [1.54, 1.807) is 43.4 Å². The molecule has 0 spiro atoms. The molecule has 2 N–H and O–H groups in total. The fraction of sp³-hybridized carbons (Fsp3) is 0.105. The molecule has 1 aromatic heterocycles. The normalized spacial score (nSPS) is 10.5. The summed E-state index contributed by atoms with van der Waals surface area (Å²) in [6.45, 7) is 0.341. The maximum Gasteiger partial charge on any atom is 0.272 e. The van der Waals surface area contributed by atoms with Crippen LogP contribution in [0.3, 0.4) is 0 Å². The summed E-state index contributed by atoms with van der Waals surface area (Å²) >= 11 is 11.9. The molecule has 3 aromatic rings. The summed E-state index contributed by atoms with van der Waals surface area (Å²) in [7, 11) is 1.64. The van der Waals surface area contributed by atoms with Crippen LogP contribution in [0.4, 0.5) is 5.82 Å². The van der Waals surface area contributed by atoms with E-state index >= 15 is 0 Å². The highest BCUT2D eigenvalue weighted by molar-refractivity contribution is 6.34. The number of carbonyl (C=O) groups excluding carboxylic acids is 2. The third kappa shape index (κ3) is 4.67. The summed E-state index contributed by atoms with van der Waals surface area (Å²) in [5.41, 5.74) is 1.45. The highest BCUT2D eigenvalue weighted by Crippen LogP contribution is 2.17. The first-order valence-electron chi connectivity index (χ1n) is 8.06. The summed E-state index contributed by atoms with van der Waals surface area (Å²) < 4.78 is 1.42. The second-order valence-electron chi connectivity index (χ2n) is 5.78. The van der Waals surface area contributed by atoms with Crippen LogP contribution in [-0.2, 0) is 13.6 Å². The van der Waals surface area contributed by atoms with Gasteiger partial charge in [-0.1, -0.05) is 47.5 Å². The predicted molar refractivity (Wildman–Crippen MR) is 105 cm³/mol. The molecule has 1 heterocycles. The lowest BCUT2D eigenvalue weighted by molar-refractivity contribution is 0.0944. The number of halogens is 2. The molecule has 0 aliphatic heterocycles. The number of hydrogen-bond donors (Lipinski definition) is 2. The van der Waals surface area contributed by atoms with Crippen LogP contribution in [0.2, 0.25) is 10.0 Å². The van der Waals surface area contributed by atoms with E-state index in [1.165, 1.54) is 10.7 Å². The second-order valence-corrected chi connectivity index (χ2v) is 6.63. The first-order chi connectivity index (χ1) is 12.9. The molecule has 0 saturated carbocycles. The molecular weight excluding hydrogens is 387 g/mol. The summed E-state index contributed by atoms with van der Waals surface area (Å²) in [4.78, 5) is 24.7. The Morgan fingerprint density at radius 3 is 2.44 bits per heavy atom. The van der Waals surface area contributed by atoms with Crippen molar-refractivity contribution in [1.82, 2.24) is 15.1 Å². The maximum atomic E-state index is 12.4. The standard InChI is InChI=1S/C19H16Cl2N4O2/c1-25-17(23-18(26)14-4-2-3-5-15(14)21)10-16(24-25)19(27)22-11-12-6-8-13(20)9-7-12/h2-10H,11H2,1H3,(H,22,27)(H,23,26). The van der Waals surface area contributed by atoms with Crippen molar-refractivity contribution >= 4 is 40.8 Å². The summed E-state index contributed by atoms with van der Waals surface area (Å²) in [6, 6.07) is 15.4. The number of anilines is 1. The molecule has 6 nitrogen and oxygen atoms in total. The van der Waals surface area contributed by atoms with Crippen molar-refractivity contribution in [3.63, 3.8) is 0 Å². The lowest BCUT2D eigenvalue weighted by Crippen LogP contribution is -2.23. The van der Waals surface area contributed by atoms with E-state index < -0.39 is 0 Å². The Morgan fingerprint density at radius 2 is 1.74 bits per heavy atom. The first kappa shape index (κ1) is 18.9. The molecule has 138 valence electrons. The van der Waals surface area contributed by atoms with Gasteiger partial charge in [0.1, 0.15) is 5.82 Å². The number of nitrogens with zero attached hydrogens (tertiary/aromatic N) is 2. The van der Waals surface area contributed by atoms with Gasteiger partial charge in [-0.2, -0.15) is 5.10 Å². The van der Waals surface area contributed by atoms with Gasteiger partial charge in [0.05, 0.1) is 10.6 Å². The van der Waals surface area contributed by atoms with Crippen LogP contribution in [-0.4, -0.2) is 21.6 Å². The van der Waals surface area contributed by atoms with Crippen LogP contribution in [0.5, 0.6) is 0 Å². The topological polar surface area (TPSA) is 76.0 Å². The molecule has 0 aliphatic carbocycles. The first-order valence-corrected chi connectivity index (χ1v) is 8.82. The Labute approximate surface area is 166 Å². The third-order valence-corrected chi connectivity index (χ3v) is 4.42. The molecule has 0 fully saturated rings. The molecule has 0 bridgehead atoms. The maximum absolute atomic E-state index is 12.4. The van der Waals surface area contributed by atoms with Gasteiger partial charge in [-0.05, 0) is 29.8 Å². The zero-order chi connectivity index (χ0) is 19.4. The van der Waals surface area contributed by atoms with Gasteiger partial charge in [0.25, 0.3) is 11.8 Å². The molecule has 8 heteroatoms. The van der Waals surface area contributed by atoms with Gasteiger partial charge in [-0.25, -0.2) is 0 Å². The van der Waals surface area contributed by atoms with Crippen molar-refractivity contribution in [2.75, 3.05) is 5.32 Å². The second kappa shape index (κ2) is 8.24. The highest BCUT2D eigenvalue weighted by atomic mass is 35.5. The van der Waals surface area contributed by atoms with Gasteiger partial charge in [0.2, 0.25) is 0 Å². The number of benzene rings is 2. The van der Waals surface area contributed by atoms with E-state index in [0.29, 0.717) is 28.0 Å². The van der Waals surface area contributed by atoms with E-state index in [4.69, 9.17) is 23.2 Å². The number of rotatable bonds is 5. The quantitative estimate of drug-likeness (QED) is 0.678. The Bertz CT molecular complexity index is 984. The monoisotopic (exact) mass is 402 g/mol. The molecule has 0 atom stereocenters. The van der Waals surface area contributed by atoms with Crippen LogP contribution in [0.1, 0.15) is 26.4 Å². The van der Waals surface area contributed by atoms with Crippen molar-refractivity contribution < 1.29 is 9.59 Å². The Balaban J connectivity index is 1.66. The number of aryl methyl sites for hydroxylation is 1. The zero-order valence-corrected chi connectivity index (χ0v) is 15.9. The fourth-order valence-electron chi connectivity index (χ4n) is 2.40. The summed E-state index contributed by atoms with van der Waals surface area (Å²) in [5.74, 6) is -0.341. The van der Waals surface area contributed by atoms with Gasteiger partial charge >= 0.3 is 0 Å². The lowest BCUT2D eigenvalue weighted by atomic mass is 10.2. The smallest absolute Gasteiger partial charge is 0.272 e. The van der Waals surface area contributed by atoms with Gasteiger partial charge in [0.15, 0.2) is 5.69 Å². The average molecular weight is 403 g/mol. The van der Waals surface area contributed by atoms with Crippen molar-refractivity contribution in [2.24, 2.45) is 7.05 Å². The Morgan fingerprint density at radius 1 is 1.04 bits per heavy atom. The molecule has 0 aliphatic rings. The fourth-order valence-corrected chi connectivity index (χ4v) is 2.75. The molecule has 27 heavy (non-hydrogen) atoms. The number of nitrogens with one attached hydrogen (secondary N) is 2. The van der Waals surface area contributed by atoms with E-state index in [0.717, 1.165) is 5.56 Å². The molecule has 0 unspecified atom stereocenters. The van der Waals surface area contributed by atoms with Gasteiger partial charge in [-0.3, -0.25) is 14.3 Å². The van der Waals surface area contributed by atoms with Crippen molar-refractivity contribution in [2.45, 2.75) is 6.54 Å². The van der Waals surface area contributed by atoms with Crippen LogP contribution in [0.15, 0.2) is 54.6 Å². The molecular formula is C19H16Cl2N4O2. The van der Waals surface area contributed by atoms with Crippen LogP contribution in [0.25, 0.3) is 0 Å². The number of carbonyl (C=O) groups is 2. The van der Waals surface area contributed by atoms with E-state index in [1.807, 2.05) is 12.1 Å². The van der Waals surface area contributed by atoms with E-state index in [-0.39, 0.29) is 17.5 Å². The molecule has 0 radical (unpaired) electrons. The summed E-state index contributed by atoms with van der Waals surface area (Å²) in [5, 5.41) is 10.6. The minimum atomic E-state index is -0.378.